The van der Waals surface area contributed by atoms with Gasteiger partial charge in [-0.25, -0.2) is 9.79 Å². The molecule has 7 nitrogen and oxygen atoms in total. The molecule has 0 amide bonds. The van der Waals surface area contributed by atoms with Gasteiger partial charge in [0.25, 0.3) is 0 Å². The molecule has 0 aliphatic carbocycles. The van der Waals surface area contributed by atoms with Gasteiger partial charge in [0.15, 0.2) is 11.5 Å². The van der Waals surface area contributed by atoms with E-state index in [1.54, 1.807) is 55.5 Å². The third-order valence-corrected chi connectivity index (χ3v) is 5.23. The van der Waals surface area contributed by atoms with E-state index in [0.29, 0.717) is 27.7 Å². The quantitative estimate of drug-likeness (QED) is 0.650. The number of aliphatic hydroxyl groups is 1. The highest BCUT2D eigenvalue weighted by Gasteiger charge is 2.33. The van der Waals surface area contributed by atoms with Crippen molar-refractivity contribution in [2.24, 2.45) is 4.99 Å². The van der Waals surface area contributed by atoms with Crippen LogP contribution in [-0.4, -0.2) is 42.1 Å². The number of carbonyl (C=O) groups is 1. The number of aliphatic imine (C=N–C) groups is 1. The van der Waals surface area contributed by atoms with E-state index < -0.39 is 5.97 Å². The molecule has 2 aromatic carbocycles. The zero-order chi connectivity index (χ0) is 21.7. The topological polar surface area (TPSA) is 97.6 Å². The van der Waals surface area contributed by atoms with Gasteiger partial charge in [0.2, 0.25) is 0 Å². The number of phenolic OH excluding ortho intramolecular Hbond substituents is 1. The molecule has 30 heavy (non-hydrogen) atoms. The zero-order valence-electron chi connectivity index (χ0n) is 16.7. The number of thioether (sulfide) groups is 1. The fourth-order valence-corrected chi connectivity index (χ4v) is 3.80. The number of nitrogens with zero attached hydrogens (tertiary/aromatic N) is 1. The Labute approximate surface area is 178 Å². The predicted octanol–water partition coefficient (Wildman–Crippen LogP) is 4.60. The number of ether oxygens (including phenoxy) is 3. The summed E-state index contributed by atoms with van der Waals surface area (Å²) < 4.78 is 15.5. The molecule has 0 atom stereocenters. The van der Waals surface area contributed by atoms with Crippen LogP contribution in [0.2, 0.25) is 0 Å². The molecule has 3 rings (SSSR count). The minimum Gasteiger partial charge on any atom is -0.506 e. The normalized spacial score (nSPS) is 16.2. The van der Waals surface area contributed by atoms with Gasteiger partial charge in [-0.2, -0.15) is 0 Å². The van der Waals surface area contributed by atoms with E-state index in [9.17, 15) is 15.0 Å². The van der Waals surface area contributed by atoms with Crippen LogP contribution >= 0.6 is 11.8 Å². The molecular weight excluding hydrogens is 406 g/mol. The average molecular weight is 427 g/mol. The third-order valence-electron chi connectivity index (χ3n) is 4.21. The molecule has 0 fully saturated rings. The maximum atomic E-state index is 12.5. The number of benzene rings is 2. The van der Waals surface area contributed by atoms with E-state index in [1.165, 1.54) is 14.2 Å². The molecule has 0 saturated heterocycles. The van der Waals surface area contributed by atoms with Crippen molar-refractivity contribution in [1.29, 1.82) is 0 Å². The molecular formula is C22H21NO6S. The second-order valence-corrected chi connectivity index (χ2v) is 7.07. The van der Waals surface area contributed by atoms with Crippen LogP contribution in [0.5, 0.6) is 17.2 Å². The minimum absolute atomic E-state index is 0.0404. The molecule has 0 unspecified atom stereocenters. The maximum Gasteiger partial charge on any atom is 0.344 e. The van der Waals surface area contributed by atoms with E-state index in [0.717, 1.165) is 11.8 Å². The highest BCUT2D eigenvalue weighted by atomic mass is 32.2. The Hall–Kier alpha value is -3.39. The summed E-state index contributed by atoms with van der Waals surface area (Å²) in [6.45, 7) is 1.83. The highest BCUT2D eigenvalue weighted by molar-refractivity contribution is 8.18. The largest absolute Gasteiger partial charge is 0.506 e. The van der Waals surface area contributed by atoms with Crippen molar-refractivity contribution in [3.8, 4) is 17.2 Å². The summed E-state index contributed by atoms with van der Waals surface area (Å²) >= 11 is 1.09. The maximum absolute atomic E-state index is 12.5. The fraction of sp³-hybridized carbons (Fsp3) is 0.182. The van der Waals surface area contributed by atoms with E-state index in [1.807, 2.05) is 0 Å². The Morgan fingerprint density at radius 2 is 1.77 bits per heavy atom. The lowest BCUT2D eigenvalue weighted by Crippen LogP contribution is -2.12. The van der Waals surface area contributed by atoms with Gasteiger partial charge < -0.3 is 24.4 Å². The van der Waals surface area contributed by atoms with Crippen molar-refractivity contribution < 1.29 is 29.2 Å². The Balaban J connectivity index is 2.10. The molecule has 2 aromatic rings. The first-order valence-electron chi connectivity index (χ1n) is 9.08. The standard InChI is InChI=1S/C22H21NO6S/c1-4-29-22(26)18-20(25)17(12-13-8-7-11-16(28-3)19(13)24)30-21(18)23-14-9-5-6-10-15(14)27-2/h5-12,24-25H,4H2,1-3H3/b17-12+,23-21?. The van der Waals surface area contributed by atoms with Crippen LogP contribution in [0.4, 0.5) is 5.69 Å². The Kier molecular flexibility index (Phi) is 6.68. The van der Waals surface area contributed by atoms with Gasteiger partial charge in [0.1, 0.15) is 27.8 Å². The lowest BCUT2D eigenvalue weighted by molar-refractivity contribution is -0.138. The molecule has 0 radical (unpaired) electrons. The van der Waals surface area contributed by atoms with Crippen molar-refractivity contribution in [3.05, 3.63) is 64.3 Å². The van der Waals surface area contributed by atoms with Gasteiger partial charge in [0, 0.05) is 5.56 Å². The number of carbonyl (C=O) groups excluding carboxylic acids is 1. The van der Waals surface area contributed by atoms with Gasteiger partial charge in [-0.1, -0.05) is 36.0 Å². The summed E-state index contributed by atoms with van der Waals surface area (Å²) in [5.74, 6) is -0.210. The Bertz CT molecular complexity index is 1060. The molecule has 0 spiro atoms. The Morgan fingerprint density at radius 3 is 2.47 bits per heavy atom. The molecule has 8 heteroatoms. The number of methoxy groups -OCH3 is 2. The van der Waals surface area contributed by atoms with Crippen molar-refractivity contribution in [2.45, 2.75) is 6.92 Å². The van der Waals surface area contributed by atoms with Crippen molar-refractivity contribution in [1.82, 2.24) is 0 Å². The number of aromatic hydroxyl groups is 1. The van der Waals surface area contributed by atoms with Crippen LogP contribution in [0.3, 0.4) is 0 Å². The first-order valence-corrected chi connectivity index (χ1v) is 9.90. The smallest absolute Gasteiger partial charge is 0.344 e. The van der Waals surface area contributed by atoms with Crippen LogP contribution in [0, 0.1) is 0 Å². The monoisotopic (exact) mass is 427 g/mol. The summed E-state index contributed by atoms with van der Waals surface area (Å²) in [6.07, 6.45) is 1.56. The fourth-order valence-electron chi connectivity index (χ4n) is 2.79. The second kappa shape index (κ2) is 9.41. The summed E-state index contributed by atoms with van der Waals surface area (Å²) in [5, 5.41) is 21.4. The van der Waals surface area contributed by atoms with Gasteiger partial charge in [0.05, 0.1) is 25.7 Å². The van der Waals surface area contributed by atoms with Crippen LogP contribution in [-0.2, 0) is 9.53 Å². The summed E-state index contributed by atoms with van der Waals surface area (Å²) in [5.41, 5.74) is 0.883. The lowest BCUT2D eigenvalue weighted by Gasteiger charge is -2.06. The molecule has 2 N–H and O–H groups in total. The number of esters is 1. The first kappa shape index (κ1) is 21.3. The minimum atomic E-state index is -0.686. The molecule has 1 aliphatic heterocycles. The first-order chi connectivity index (χ1) is 14.5. The van der Waals surface area contributed by atoms with Crippen LogP contribution in [0.1, 0.15) is 12.5 Å². The number of hydrogen-bond acceptors (Lipinski definition) is 8. The van der Waals surface area contributed by atoms with Gasteiger partial charge in [-0.15, -0.1) is 0 Å². The van der Waals surface area contributed by atoms with Crippen molar-refractivity contribution in [2.75, 3.05) is 20.8 Å². The van der Waals surface area contributed by atoms with Crippen molar-refractivity contribution in [3.63, 3.8) is 0 Å². The van der Waals surface area contributed by atoms with Crippen molar-refractivity contribution >= 4 is 34.5 Å². The number of phenols is 1. The highest BCUT2D eigenvalue weighted by Crippen LogP contribution is 2.42. The number of hydrogen-bond donors (Lipinski definition) is 2. The zero-order valence-corrected chi connectivity index (χ0v) is 17.5. The SMILES string of the molecule is CCOC(=O)C1=C(O)/C(=C\c2cccc(OC)c2O)SC1=Nc1ccccc1OC. The third kappa shape index (κ3) is 4.28. The Morgan fingerprint density at radius 1 is 1.07 bits per heavy atom. The second-order valence-electron chi connectivity index (χ2n) is 6.04. The number of aliphatic hydroxyl groups excluding tert-OH is 1. The summed E-state index contributed by atoms with van der Waals surface area (Å²) in [4.78, 5) is 17.4. The molecule has 156 valence electrons. The van der Waals surface area contributed by atoms with E-state index in [4.69, 9.17) is 14.2 Å². The lowest BCUT2D eigenvalue weighted by atomic mass is 10.1. The number of para-hydroxylation sites is 3. The molecule has 1 heterocycles. The number of rotatable bonds is 6. The van der Waals surface area contributed by atoms with E-state index in [-0.39, 0.29) is 28.7 Å². The van der Waals surface area contributed by atoms with E-state index >= 15 is 0 Å². The predicted molar refractivity (Wildman–Crippen MR) is 117 cm³/mol. The van der Waals surface area contributed by atoms with E-state index in [2.05, 4.69) is 4.99 Å². The van der Waals surface area contributed by atoms with Gasteiger partial charge in [-0.3, -0.25) is 0 Å². The molecule has 0 bridgehead atoms. The molecule has 1 aliphatic rings. The summed E-state index contributed by atoms with van der Waals surface area (Å²) in [6, 6.07) is 12.1. The van der Waals surface area contributed by atoms with Gasteiger partial charge >= 0.3 is 5.97 Å². The van der Waals surface area contributed by atoms with Crippen LogP contribution < -0.4 is 9.47 Å². The van der Waals surface area contributed by atoms with Gasteiger partial charge in [-0.05, 0) is 31.2 Å². The van der Waals surface area contributed by atoms with Crippen LogP contribution in [0.25, 0.3) is 6.08 Å². The average Bonchev–Trinajstić information content (AvgIpc) is 3.05. The van der Waals surface area contributed by atoms with Crippen LogP contribution in [0.15, 0.2) is 63.7 Å². The molecule has 0 aromatic heterocycles. The summed E-state index contributed by atoms with van der Waals surface area (Å²) in [7, 11) is 2.97. The molecule has 0 saturated carbocycles.